The highest BCUT2D eigenvalue weighted by Gasteiger charge is 2.55. The molecule has 2 N–H and O–H groups in total. The van der Waals surface area contributed by atoms with Gasteiger partial charge in [-0.3, -0.25) is 0 Å². The highest BCUT2D eigenvalue weighted by molar-refractivity contribution is 7.86. The second-order valence-corrected chi connectivity index (χ2v) is 7.58. The molecule has 0 aromatic carbocycles. The summed E-state index contributed by atoms with van der Waals surface area (Å²) in [4.78, 5) is 4.22. The maximum atomic E-state index is 11.3. The van der Waals surface area contributed by atoms with E-state index in [-0.39, 0.29) is 5.41 Å². The van der Waals surface area contributed by atoms with Crippen LogP contribution in [0.3, 0.4) is 0 Å². The van der Waals surface area contributed by atoms with E-state index in [9.17, 15) is 8.42 Å². The van der Waals surface area contributed by atoms with Gasteiger partial charge in [0.15, 0.2) is 0 Å². The molecular formula is C14H21N3O4S. The first-order valence-corrected chi connectivity index (χ1v) is 8.85. The van der Waals surface area contributed by atoms with Crippen molar-refractivity contribution >= 4 is 10.2 Å². The Morgan fingerprint density at radius 2 is 2.05 bits per heavy atom. The van der Waals surface area contributed by atoms with Gasteiger partial charge in [-0.15, -0.1) is 0 Å². The molecule has 122 valence electrons. The molecule has 3 rings (SSSR count). The van der Waals surface area contributed by atoms with Crippen LogP contribution < -0.4 is 14.6 Å². The third-order valence-electron chi connectivity index (χ3n) is 4.78. The van der Waals surface area contributed by atoms with Crippen molar-refractivity contribution in [3.8, 4) is 11.8 Å². The smallest absolute Gasteiger partial charge is 0.276 e. The van der Waals surface area contributed by atoms with Crippen LogP contribution in [0.15, 0.2) is 18.2 Å². The molecule has 1 spiro atoms. The van der Waals surface area contributed by atoms with Crippen molar-refractivity contribution in [2.24, 2.45) is 16.5 Å². The number of rotatable bonds is 5. The first-order chi connectivity index (χ1) is 10.4. The maximum Gasteiger partial charge on any atom is 0.276 e. The second-order valence-electron chi connectivity index (χ2n) is 6.04. The number of aromatic nitrogens is 1. The predicted molar refractivity (Wildman–Crippen MR) is 80.7 cm³/mol. The molecule has 7 nitrogen and oxygen atoms in total. The van der Waals surface area contributed by atoms with Crippen molar-refractivity contribution in [3.63, 3.8) is 0 Å². The summed E-state index contributed by atoms with van der Waals surface area (Å²) >= 11 is 0. The van der Waals surface area contributed by atoms with E-state index in [0.29, 0.717) is 37.4 Å². The minimum Gasteiger partial charge on any atom is -0.481 e. The molecule has 1 saturated carbocycles. The summed E-state index contributed by atoms with van der Waals surface area (Å²) < 4.78 is 34.8. The van der Waals surface area contributed by atoms with Crippen LogP contribution in [0.4, 0.5) is 0 Å². The summed E-state index contributed by atoms with van der Waals surface area (Å²) in [6.07, 6.45) is 2.78. The number of hydrogen-bond acceptors (Lipinski definition) is 5. The first kappa shape index (κ1) is 15.5. The third kappa shape index (κ3) is 3.18. The van der Waals surface area contributed by atoms with Crippen LogP contribution in [0.2, 0.25) is 0 Å². The van der Waals surface area contributed by atoms with Gasteiger partial charge >= 0.3 is 0 Å². The van der Waals surface area contributed by atoms with Gasteiger partial charge in [0.25, 0.3) is 10.2 Å². The van der Waals surface area contributed by atoms with Crippen LogP contribution in [-0.4, -0.2) is 44.5 Å². The summed E-state index contributed by atoms with van der Waals surface area (Å²) in [6.45, 7) is 1.62. The Bertz CT molecular complexity index is 641. The minimum atomic E-state index is -3.55. The van der Waals surface area contributed by atoms with E-state index >= 15 is 0 Å². The number of ether oxygens (including phenoxy) is 2. The first-order valence-electron chi connectivity index (χ1n) is 7.35. The normalized spacial score (nSPS) is 24.2. The summed E-state index contributed by atoms with van der Waals surface area (Å²) in [5, 5.41) is 5.17. The number of methoxy groups -OCH3 is 1. The molecule has 2 aliphatic rings. The molecule has 2 fully saturated rings. The largest absolute Gasteiger partial charge is 0.481 e. The zero-order chi connectivity index (χ0) is 15.8. The van der Waals surface area contributed by atoms with E-state index in [1.807, 2.05) is 6.07 Å². The quantitative estimate of drug-likeness (QED) is 0.862. The van der Waals surface area contributed by atoms with Crippen LogP contribution in [0.25, 0.3) is 0 Å². The monoisotopic (exact) mass is 327 g/mol. The van der Waals surface area contributed by atoms with Gasteiger partial charge in [-0.2, -0.15) is 17.7 Å². The minimum absolute atomic E-state index is 0.222. The fourth-order valence-corrected chi connectivity index (χ4v) is 3.93. The molecule has 1 aromatic heterocycles. The Morgan fingerprint density at radius 3 is 2.68 bits per heavy atom. The van der Waals surface area contributed by atoms with Gasteiger partial charge < -0.3 is 9.47 Å². The topological polar surface area (TPSA) is 94.7 Å². The van der Waals surface area contributed by atoms with E-state index in [0.717, 1.165) is 19.3 Å². The number of pyridine rings is 1. The van der Waals surface area contributed by atoms with Crippen LogP contribution in [0.1, 0.15) is 19.3 Å². The molecule has 1 aliphatic heterocycles. The summed E-state index contributed by atoms with van der Waals surface area (Å²) in [7, 11) is -1.98. The molecule has 1 aliphatic carbocycles. The Kier molecular flexibility index (Phi) is 4.00. The van der Waals surface area contributed by atoms with Gasteiger partial charge in [-0.25, -0.2) is 5.14 Å². The van der Waals surface area contributed by atoms with Gasteiger partial charge in [0.2, 0.25) is 11.8 Å². The lowest BCUT2D eigenvalue weighted by molar-refractivity contribution is 0.204. The molecule has 1 atom stereocenters. The lowest BCUT2D eigenvalue weighted by atomic mass is 9.92. The predicted octanol–water partition coefficient (Wildman–Crippen LogP) is 0.775. The van der Waals surface area contributed by atoms with E-state index in [2.05, 4.69) is 4.98 Å². The lowest BCUT2D eigenvalue weighted by Crippen LogP contribution is -2.43. The average molecular weight is 327 g/mol. The van der Waals surface area contributed by atoms with Gasteiger partial charge in [-0.1, -0.05) is 6.07 Å². The van der Waals surface area contributed by atoms with Gasteiger partial charge in [-0.05, 0) is 30.6 Å². The van der Waals surface area contributed by atoms with E-state index < -0.39 is 10.2 Å². The van der Waals surface area contributed by atoms with Crippen molar-refractivity contribution in [1.82, 2.24) is 9.29 Å². The van der Waals surface area contributed by atoms with Crippen molar-refractivity contribution < 1.29 is 17.9 Å². The van der Waals surface area contributed by atoms with Crippen LogP contribution in [0.5, 0.6) is 11.8 Å². The van der Waals surface area contributed by atoms with Crippen LogP contribution in [-0.2, 0) is 10.2 Å². The molecule has 2 heterocycles. The summed E-state index contributed by atoms with van der Waals surface area (Å²) in [6, 6.07) is 5.42. The Morgan fingerprint density at radius 1 is 1.36 bits per heavy atom. The maximum absolute atomic E-state index is 11.3. The average Bonchev–Trinajstić information content (AvgIpc) is 3.17. The summed E-state index contributed by atoms with van der Waals surface area (Å²) in [5.41, 5.74) is 0.222. The summed E-state index contributed by atoms with van der Waals surface area (Å²) in [5.74, 6) is 1.55. The standard InChI is InChI=1S/C14H21N3O4S/c1-20-12-3-2-4-13(16-12)21-10-11-9-14(11)5-7-17(8-6-14)22(15,18)19/h2-4,11H,5-10H2,1H3,(H2,15,18,19)/t11-/m0/s1. The molecule has 0 bridgehead atoms. The SMILES string of the molecule is COc1cccc(OC[C@@H]2CC23CCN(S(N)(=O)=O)CC3)n1. The third-order valence-corrected chi connectivity index (χ3v) is 5.86. The number of nitrogens with two attached hydrogens (primary N) is 1. The number of piperidine rings is 1. The molecule has 1 saturated heterocycles. The molecular weight excluding hydrogens is 306 g/mol. The van der Waals surface area contributed by atoms with Gasteiger partial charge in [0.1, 0.15) is 0 Å². The number of hydrogen-bond donors (Lipinski definition) is 1. The zero-order valence-corrected chi connectivity index (χ0v) is 13.4. The Hall–Kier alpha value is -1.38. The lowest BCUT2D eigenvalue weighted by Gasteiger charge is -2.30. The van der Waals surface area contributed by atoms with Crippen molar-refractivity contribution in [2.45, 2.75) is 19.3 Å². The van der Waals surface area contributed by atoms with Crippen LogP contribution >= 0.6 is 0 Å². The van der Waals surface area contributed by atoms with E-state index in [1.54, 1.807) is 19.2 Å². The molecule has 1 aromatic rings. The van der Waals surface area contributed by atoms with Gasteiger partial charge in [0.05, 0.1) is 13.7 Å². The highest BCUT2D eigenvalue weighted by atomic mass is 32.2. The van der Waals surface area contributed by atoms with E-state index in [1.165, 1.54) is 4.31 Å². The Labute approximate surface area is 130 Å². The van der Waals surface area contributed by atoms with Crippen LogP contribution in [0, 0.1) is 11.3 Å². The van der Waals surface area contributed by atoms with Gasteiger partial charge in [0, 0.05) is 25.2 Å². The molecule has 8 heteroatoms. The fourth-order valence-electron chi connectivity index (χ4n) is 3.24. The van der Waals surface area contributed by atoms with Crippen molar-refractivity contribution in [3.05, 3.63) is 18.2 Å². The molecule has 0 radical (unpaired) electrons. The second kappa shape index (κ2) is 5.68. The highest BCUT2D eigenvalue weighted by Crippen LogP contribution is 2.59. The Balaban J connectivity index is 1.51. The van der Waals surface area contributed by atoms with Crippen molar-refractivity contribution in [1.29, 1.82) is 0 Å². The van der Waals surface area contributed by atoms with Crippen molar-refractivity contribution in [2.75, 3.05) is 26.8 Å². The fraction of sp³-hybridized carbons (Fsp3) is 0.643. The molecule has 0 amide bonds. The van der Waals surface area contributed by atoms with E-state index in [4.69, 9.17) is 14.6 Å². The molecule has 22 heavy (non-hydrogen) atoms. The number of nitrogens with zero attached hydrogens (tertiary/aromatic N) is 2. The zero-order valence-electron chi connectivity index (χ0n) is 12.6. The molecule has 0 unspecified atom stereocenters.